The van der Waals surface area contributed by atoms with Gasteiger partial charge in [0.15, 0.2) is 0 Å². The molecule has 2 aromatic rings. The zero-order chi connectivity index (χ0) is 12.3. The van der Waals surface area contributed by atoms with E-state index in [1.54, 1.807) is 12.3 Å². The molecule has 0 spiro atoms. The lowest BCUT2D eigenvalue weighted by molar-refractivity contribution is -0.385. The van der Waals surface area contributed by atoms with Gasteiger partial charge in [0.1, 0.15) is 6.20 Å². The van der Waals surface area contributed by atoms with Crippen LogP contribution in [0.5, 0.6) is 0 Å². The molecule has 0 fully saturated rings. The van der Waals surface area contributed by atoms with Crippen LogP contribution in [-0.4, -0.2) is 31.2 Å². The van der Waals surface area contributed by atoms with E-state index in [2.05, 4.69) is 20.4 Å². The molecule has 2 aromatic heterocycles. The minimum atomic E-state index is -0.535. The van der Waals surface area contributed by atoms with Gasteiger partial charge in [0.2, 0.25) is 11.8 Å². The monoisotopic (exact) mass is 234 g/mol. The molecule has 2 heterocycles. The molecule has 1 N–H and O–H groups in total. The van der Waals surface area contributed by atoms with Crippen molar-refractivity contribution in [3.05, 3.63) is 34.8 Å². The molecule has 0 aliphatic rings. The van der Waals surface area contributed by atoms with Crippen molar-refractivity contribution in [2.45, 2.75) is 6.92 Å². The summed E-state index contributed by atoms with van der Waals surface area (Å²) in [6.07, 6.45) is 4.28. The van der Waals surface area contributed by atoms with Gasteiger partial charge in [-0.3, -0.25) is 10.1 Å². The number of rotatable bonds is 4. The Hall–Kier alpha value is -2.51. The average Bonchev–Trinajstić information content (AvgIpc) is 2.82. The average molecular weight is 234 g/mol. The predicted molar refractivity (Wildman–Crippen MR) is 60.0 cm³/mol. The smallest absolute Gasteiger partial charge is 0.332 e. The van der Waals surface area contributed by atoms with Crippen LogP contribution in [0.1, 0.15) is 6.92 Å². The molecule has 88 valence electrons. The number of nitrogens with one attached hydrogen (secondary N) is 1. The first kappa shape index (κ1) is 11.0. The number of nitro groups is 1. The van der Waals surface area contributed by atoms with Gasteiger partial charge in [-0.1, -0.05) is 0 Å². The molecule has 0 aliphatic carbocycles. The molecule has 17 heavy (non-hydrogen) atoms. The molecule has 0 saturated carbocycles. The fraction of sp³-hybridized carbons (Fsp3) is 0.222. The summed E-state index contributed by atoms with van der Waals surface area (Å²) in [5, 5.41) is 17.7. The third kappa shape index (κ3) is 2.19. The molecule has 0 saturated heterocycles. The zero-order valence-corrected chi connectivity index (χ0v) is 9.07. The summed E-state index contributed by atoms with van der Waals surface area (Å²) >= 11 is 0. The van der Waals surface area contributed by atoms with Crippen LogP contribution < -0.4 is 5.32 Å². The Morgan fingerprint density at radius 1 is 1.59 bits per heavy atom. The van der Waals surface area contributed by atoms with Gasteiger partial charge in [-0.2, -0.15) is 10.1 Å². The second kappa shape index (κ2) is 4.56. The van der Waals surface area contributed by atoms with E-state index in [4.69, 9.17) is 0 Å². The van der Waals surface area contributed by atoms with Gasteiger partial charge >= 0.3 is 5.69 Å². The van der Waals surface area contributed by atoms with Crippen LogP contribution in [0.15, 0.2) is 24.7 Å². The molecule has 8 heteroatoms. The van der Waals surface area contributed by atoms with Crippen LogP contribution >= 0.6 is 0 Å². The number of hydrogen-bond donors (Lipinski definition) is 1. The van der Waals surface area contributed by atoms with E-state index in [9.17, 15) is 10.1 Å². The number of aromatic nitrogens is 4. The molecule has 0 atom stereocenters. The fourth-order valence-corrected chi connectivity index (χ4v) is 1.30. The Morgan fingerprint density at radius 2 is 2.41 bits per heavy atom. The van der Waals surface area contributed by atoms with E-state index < -0.39 is 4.92 Å². The quantitative estimate of drug-likeness (QED) is 0.625. The Kier molecular flexibility index (Phi) is 2.95. The maximum atomic E-state index is 10.9. The van der Waals surface area contributed by atoms with Crippen LogP contribution in [0.3, 0.4) is 0 Å². The molecule has 2 rings (SSSR count). The summed E-state index contributed by atoms with van der Waals surface area (Å²) in [5.41, 5.74) is -0.185. The minimum absolute atomic E-state index is 0.144. The van der Waals surface area contributed by atoms with E-state index in [1.807, 2.05) is 6.92 Å². The van der Waals surface area contributed by atoms with Crippen molar-refractivity contribution in [1.29, 1.82) is 0 Å². The Labute approximate surface area is 96.5 Å². The lowest BCUT2D eigenvalue weighted by Crippen LogP contribution is -2.09. The predicted octanol–water partition coefficient (Wildman–Crippen LogP) is 1.00. The Morgan fingerprint density at radius 3 is 3.00 bits per heavy atom. The topological polar surface area (TPSA) is 98.8 Å². The van der Waals surface area contributed by atoms with Crippen LogP contribution in [0.2, 0.25) is 0 Å². The van der Waals surface area contributed by atoms with Gasteiger partial charge in [0, 0.05) is 18.9 Å². The first-order valence-corrected chi connectivity index (χ1v) is 4.97. The van der Waals surface area contributed by atoms with E-state index >= 15 is 0 Å². The van der Waals surface area contributed by atoms with Crippen LogP contribution in [0.25, 0.3) is 5.82 Å². The molecular formula is C9H10N6O2. The van der Waals surface area contributed by atoms with Crippen LogP contribution in [0, 0.1) is 10.1 Å². The van der Waals surface area contributed by atoms with Crippen molar-refractivity contribution in [2.24, 2.45) is 0 Å². The normalized spacial score (nSPS) is 10.2. The molecule has 0 bridgehead atoms. The highest BCUT2D eigenvalue weighted by Crippen LogP contribution is 2.19. The Bertz CT molecular complexity index is 524. The summed E-state index contributed by atoms with van der Waals surface area (Å²) in [7, 11) is 0. The molecule has 0 aromatic carbocycles. The summed E-state index contributed by atoms with van der Waals surface area (Å²) < 4.78 is 1.33. The van der Waals surface area contributed by atoms with Crippen molar-refractivity contribution in [1.82, 2.24) is 19.7 Å². The second-order valence-electron chi connectivity index (χ2n) is 3.14. The number of anilines is 1. The molecule has 0 amide bonds. The highest BCUT2D eigenvalue weighted by molar-refractivity contribution is 5.48. The van der Waals surface area contributed by atoms with Gasteiger partial charge in [-0.25, -0.2) is 9.67 Å². The number of nitrogens with zero attached hydrogens (tertiary/aromatic N) is 5. The third-order valence-electron chi connectivity index (χ3n) is 2.00. The highest BCUT2D eigenvalue weighted by atomic mass is 16.6. The maximum Gasteiger partial charge on any atom is 0.332 e. The Balaban J connectivity index is 2.52. The van der Waals surface area contributed by atoms with Gasteiger partial charge in [0.05, 0.1) is 4.92 Å². The van der Waals surface area contributed by atoms with Gasteiger partial charge in [-0.05, 0) is 13.0 Å². The molecular weight excluding hydrogens is 224 g/mol. The minimum Gasteiger partial charge on any atom is -0.354 e. The standard InChI is InChI=1S/C9H10N6O2/c1-2-10-9-11-6-7(15(16)17)8(13-9)14-5-3-4-12-14/h3-6H,2H2,1H3,(H,10,11,13). The summed E-state index contributed by atoms with van der Waals surface area (Å²) in [5.74, 6) is 0.481. The lowest BCUT2D eigenvalue weighted by Gasteiger charge is -2.05. The van der Waals surface area contributed by atoms with Gasteiger partial charge in [-0.15, -0.1) is 0 Å². The van der Waals surface area contributed by atoms with Crippen LogP contribution in [0.4, 0.5) is 11.6 Å². The SMILES string of the molecule is CCNc1ncc([N+](=O)[O-])c(-n2cccn2)n1. The maximum absolute atomic E-state index is 10.9. The molecule has 8 nitrogen and oxygen atoms in total. The van der Waals surface area contributed by atoms with E-state index in [-0.39, 0.29) is 11.5 Å². The summed E-state index contributed by atoms with van der Waals surface area (Å²) in [6, 6.07) is 1.67. The van der Waals surface area contributed by atoms with Crippen molar-refractivity contribution in [3.8, 4) is 5.82 Å². The summed E-state index contributed by atoms with van der Waals surface area (Å²) in [6.45, 7) is 2.52. The lowest BCUT2D eigenvalue weighted by atomic mass is 10.5. The molecule has 0 radical (unpaired) electrons. The first-order valence-electron chi connectivity index (χ1n) is 4.97. The zero-order valence-electron chi connectivity index (χ0n) is 9.07. The van der Waals surface area contributed by atoms with Crippen LogP contribution in [-0.2, 0) is 0 Å². The highest BCUT2D eigenvalue weighted by Gasteiger charge is 2.18. The van der Waals surface area contributed by atoms with Crippen molar-refractivity contribution >= 4 is 11.6 Å². The van der Waals surface area contributed by atoms with Crippen molar-refractivity contribution < 1.29 is 4.92 Å². The third-order valence-corrected chi connectivity index (χ3v) is 2.00. The largest absolute Gasteiger partial charge is 0.354 e. The second-order valence-corrected chi connectivity index (χ2v) is 3.14. The first-order chi connectivity index (χ1) is 8.22. The fourth-order valence-electron chi connectivity index (χ4n) is 1.30. The molecule has 0 unspecified atom stereocenters. The van der Waals surface area contributed by atoms with Gasteiger partial charge in [0.25, 0.3) is 0 Å². The van der Waals surface area contributed by atoms with Crippen molar-refractivity contribution in [3.63, 3.8) is 0 Å². The molecule has 0 aliphatic heterocycles. The summed E-state index contributed by atoms with van der Waals surface area (Å²) in [4.78, 5) is 18.2. The van der Waals surface area contributed by atoms with Gasteiger partial charge < -0.3 is 5.32 Å². The van der Waals surface area contributed by atoms with E-state index in [0.29, 0.717) is 12.5 Å². The number of hydrogen-bond acceptors (Lipinski definition) is 6. The van der Waals surface area contributed by atoms with Crippen molar-refractivity contribution in [2.75, 3.05) is 11.9 Å². The van der Waals surface area contributed by atoms with E-state index in [0.717, 1.165) is 0 Å². The van der Waals surface area contributed by atoms with E-state index in [1.165, 1.54) is 17.1 Å².